The molecule has 6 heteroatoms. The van der Waals surface area contributed by atoms with Crippen molar-refractivity contribution < 1.29 is 9.21 Å². The number of nitrogens with zero attached hydrogens (tertiary/aromatic N) is 2. The van der Waals surface area contributed by atoms with Gasteiger partial charge in [-0.1, -0.05) is 42.1 Å². The minimum atomic E-state index is -0.109. The maximum atomic E-state index is 12.2. The molecule has 0 aliphatic rings. The summed E-state index contributed by atoms with van der Waals surface area (Å²) in [4.78, 5) is 12.8. The third-order valence-electron chi connectivity index (χ3n) is 3.51. The summed E-state index contributed by atoms with van der Waals surface area (Å²) in [7, 11) is 0. The van der Waals surface area contributed by atoms with E-state index < -0.39 is 0 Å². The van der Waals surface area contributed by atoms with Crippen LogP contribution in [0, 0.1) is 0 Å². The van der Waals surface area contributed by atoms with Crippen LogP contribution in [-0.2, 0) is 13.0 Å². The van der Waals surface area contributed by atoms with Gasteiger partial charge < -0.3 is 9.73 Å². The van der Waals surface area contributed by atoms with Crippen LogP contribution in [0.4, 0.5) is 0 Å². The second-order valence-electron chi connectivity index (χ2n) is 5.19. The van der Waals surface area contributed by atoms with Crippen molar-refractivity contribution in [2.75, 3.05) is 0 Å². The quantitative estimate of drug-likeness (QED) is 0.750. The zero-order valence-corrected chi connectivity index (χ0v) is 13.6. The lowest BCUT2D eigenvalue weighted by atomic mass is 10.1. The maximum Gasteiger partial charge on any atom is 0.265 e. The van der Waals surface area contributed by atoms with E-state index in [0.717, 1.165) is 46.8 Å². The van der Waals surface area contributed by atoms with E-state index in [1.807, 2.05) is 30.3 Å². The molecule has 0 aliphatic carbocycles. The standard InChI is InChI=1S/C17H17N3O2S/c1-2-3-15-16(23-20-19-15)17(21)18-10-12-4-6-13(7-5-12)14-8-9-22-11-14/h4-9,11H,2-3,10H2,1H3,(H,18,21). The molecule has 2 heterocycles. The summed E-state index contributed by atoms with van der Waals surface area (Å²) in [6, 6.07) is 9.95. The summed E-state index contributed by atoms with van der Waals surface area (Å²) in [6.45, 7) is 2.54. The van der Waals surface area contributed by atoms with Gasteiger partial charge in [-0.15, -0.1) is 5.10 Å². The maximum absolute atomic E-state index is 12.2. The number of amides is 1. The van der Waals surface area contributed by atoms with Crippen molar-refractivity contribution in [3.63, 3.8) is 0 Å². The fourth-order valence-electron chi connectivity index (χ4n) is 2.29. The van der Waals surface area contributed by atoms with E-state index in [-0.39, 0.29) is 5.91 Å². The van der Waals surface area contributed by atoms with Gasteiger partial charge in [0, 0.05) is 12.1 Å². The topological polar surface area (TPSA) is 68.0 Å². The highest BCUT2D eigenvalue weighted by Crippen LogP contribution is 2.20. The van der Waals surface area contributed by atoms with E-state index in [2.05, 4.69) is 21.8 Å². The van der Waals surface area contributed by atoms with Gasteiger partial charge in [-0.25, -0.2) is 0 Å². The summed E-state index contributed by atoms with van der Waals surface area (Å²) in [5.74, 6) is -0.109. The number of furan rings is 1. The predicted octanol–water partition coefficient (Wildman–Crippen LogP) is 3.68. The Morgan fingerprint density at radius 2 is 2.04 bits per heavy atom. The Balaban J connectivity index is 1.61. The van der Waals surface area contributed by atoms with E-state index >= 15 is 0 Å². The van der Waals surface area contributed by atoms with Crippen LogP contribution in [0.3, 0.4) is 0 Å². The Morgan fingerprint density at radius 3 is 2.74 bits per heavy atom. The molecule has 1 aromatic carbocycles. The molecule has 3 rings (SSSR count). The van der Waals surface area contributed by atoms with Crippen molar-refractivity contribution in [1.29, 1.82) is 0 Å². The minimum absolute atomic E-state index is 0.109. The van der Waals surface area contributed by atoms with Crippen molar-refractivity contribution >= 4 is 17.4 Å². The molecule has 0 saturated heterocycles. The number of aryl methyl sites for hydroxylation is 1. The number of hydrogen-bond acceptors (Lipinski definition) is 5. The molecule has 118 valence electrons. The molecule has 0 aliphatic heterocycles. The monoisotopic (exact) mass is 327 g/mol. The van der Waals surface area contributed by atoms with Crippen molar-refractivity contribution in [3.8, 4) is 11.1 Å². The number of carbonyl (C=O) groups is 1. The normalized spacial score (nSPS) is 10.7. The minimum Gasteiger partial charge on any atom is -0.472 e. The lowest BCUT2D eigenvalue weighted by Crippen LogP contribution is -2.23. The molecule has 23 heavy (non-hydrogen) atoms. The van der Waals surface area contributed by atoms with E-state index in [4.69, 9.17) is 4.42 Å². The van der Waals surface area contributed by atoms with Crippen LogP contribution in [0.15, 0.2) is 47.3 Å². The highest BCUT2D eigenvalue weighted by molar-refractivity contribution is 7.08. The zero-order chi connectivity index (χ0) is 16.1. The molecule has 5 nitrogen and oxygen atoms in total. The average Bonchev–Trinajstić information content (AvgIpc) is 3.25. The molecule has 0 bridgehead atoms. The van der Waals surface area contributed by atoms with Crippen LogP contribution >= 0.6 is 11.5 Å². The molecule has 0 unspecified atom stereocenters. The Hall–Kier alpha value is -2.47. The predicted molar refractivity (Wildman–Crippen MR) is 89.2 cm³/mol. The number of nitrogens with one attached hydrogen (secondary N) is 1. The molecule has 1 amide bonds. The fourth-order valence-corrected chi connectivity index (χ4v) is 2.91. The highest BCUT2D eigenvalue weighted by Gasteiger charge is 2.15. The number of aromatic nitrogens is 2. The Bertz CT molecular complexity index is 764. The molecule has 0 radical (unpaired) electrons. The Labute approximate surface area is 138 Å². The SMILES string of the molecule is CCCc1nnsc1C(=O)NCc1ccc(-c2ccoc2)cc1. The van der Waals surface area contributed by atoms with E-state index in [0.29, 0.717) is 11.4 Å². The third-order valence-corrected chi connectivity index (χ3v) is 4.28. The summed E-state index contributed by atoms with van der Waals surface area (Å²) in [5.41, 5.74) is 3.96. The van der Waals surface area contributed by atoms with Crippen molar-refractivity contribution in [2.45, 2.75) is 26.3 Å². The molecular weight excluding hydrogens is 310 g/mol. The van der Waals surface area contributed by atoms with Crippen LogP contribution in [-0.4, -0.2) is 15.5 Å². The summed E-state index contributed by atoms with van der Waals surface area (Å²) in [6.07, 6.45) is 5.09. The molecule has 1 N–H and O–H groups in total. The van der Waals surface area contributed by atoms with E-state index in [1.165, 1.54) is 0 Å². The van der Waals surface area contributed by atoms with Crippen LogP contribution in [0.1, 0.15) is 34.3 Å². The summed E-state index contributed by atoms with van der Waals surface area (Å²) < 4.78 is 8.96. The highest BCUT2D eigenvalue weighted by atomic mass is 32.1. The number of carbonyl (C=O) groups excluding carboxylic acids is 1. The lowest BCUT2D eigenvalue weighted by Gasteiger charge is -2.05. The molecule has 0 spiro atoms. The molecule has 0 fully saturated rings. The van der Waals surface area contributed by atoms with Gasteiger partial charge in [0.15, 0.2) is 0 Å². The van der Waals surface area contributed by atoms with E-state index in [1.54, 1.807) is 12.5 Å². The van der Waals surface area contributed by atoms with Gasteiger partial charge >= 0.3 is 0 Å². The van der Waals surface area contributed by atoms with Gasteiger partial charge in [0.1, 0.15) is 4.88 Å². The van der Waals surface area contributed by atoms with Crippen molar-refractivity contribution in [2.24, 2.45) is 0 Å². The first-order valence-electron chi connectivity index (χ1n) is 7.49. The summed E-state index contributed by atoms with van der Waals surface area (Å²) >= 11 is 1.15. The molecular formula is C17H17N3O2S. The largest absolute Gasteiger partial charge is 0.472 e. The average molecular weight is 327 g/mol. The van der Waals surface area contributed by atoms with Gasteiger partial charge in [0.2, 0.25) is 0 Å². The second-order valence-corrected chi connectivity index (χ2v) is 5.94. The van der Waals surface area contributed by atoms with Crippen LogP contribution in [0.25, 0.3) is 11.1 Å². The zero-order valence-electron chi connectivity index (χ0n) is 12.8. The van der Waals surface area contributed by atoms with Crippen LogP contribution in [0.2, 0.25) is 0 Å². The second kappa shape index (κ2) is 7.19. The number of hydrogen-bond donors (Lipinski definition) is 1. The van der Waals surface area contributed by atoms with Crippen molar-refractivity contribution in [1.82, 2.24) is 14.9 Å². The van der Waals surface area contributed by atoms with Gasteiger partial charge in [0.05, 0.1) is 18.2 Å². The molecule has 0 atom stereocenters. The van der Waals surface area contributed by atoms with Gasteiger partial charge in [0.25, 0.3) is 5.91 Å². The van der Waals surface area contributed by atoms with Gasteiger partial charge in [-0.2, -0.15) is 0 Å². The number of benzene rings is 1. The fraction of sp³-hybridized carbons (Fsp3) is 0.235. The van der Waals surface area contributed by atoms with Gasteiger partial charge in [-0.3, -0.25) is 4.79 Å². The first-order chi connectivity index (χ1) is 11.3. The molecule has 0 saturated carbocycles. The van der Waals surface area contributed by atoms with E-state index in [9.17, 15) is 4.79 Å². The number of rotatable bonds is 6. The summed E-state index contributed by atoms with van der Waals surface area (Å²) in [5, 5.41) is 6.95. The Kier molecular flexibility index (Phi) is 4.83. The van der Waals surface area contributed by atoms with Crippen molar-refractivity contribution in [3.05, 3.63) is 59.0 Å². The Morgan fingerprint density at radius 1 is 1.22 bits per heavy atom. The first-order valence-corrected chi connectivity index (χ1v) is 8.26. The van der Waals surface area contributed by atoms with Crippen LogP contribution < -0.4 is 5.32 Å². The third kappa shape index (κ3) is 3.65. The van der Waals surface area contributed by atoms with Crippen LogP contribution in [0.5, 0.6) is 0 Å². The van der Waals surface area contributed by atoms with Gasteiger partial charge in [-0.05, 0) is 35.1 Å². The lowest BCUT2D eigenvalue weighted by molar-refractivity contribution is 0.0954. The first kappa shape index (κ1) is 15.4. The molecule has 3 aromatic rings. The molecule has 2 aromatic heterocycles. The smallest absolute Gasteiger partial charge is 0.265 e.